The second-order valence-electron chi connectivity index (χ2n) is 3.23. The number of fused-ring (bicyclic) bond motifs is 1. The summed E-state index contributed by atoms with van der Waals surface area (Å²) >= 11 is 7.18. The topological polar surface area (TPSA) is 77.6 Å². The Balaban J connectivity index is 2.34. The monoisotopic (exact) mass is 269 g/mol. The molecule has 0 aliphatic carbocycles. The van der Waals surface area contributed by atoms with Crippen LogP contribution in [0.1, 0.15) is 16.6 Å². The summed E-state index contributed by atoms with van der Waals surface area (Å²) < 4.78 is 0.745. The van der Waals surface area contributed by atoms with Crippen molar-refractivity contribution in [3.63, 3.8) is 0 Å². The molecule has 2 aromatic heterocycles. The zero-order valence-electron chi connectivity index (χ0n) is 8.81. The molecule has 0 aliphatic rings. The Labute approximate surface area is 106 Å². The zero-order valence-corrected chi connectivity index (χ0v) is 10.4. The molecule has 0 atom stereocenters. The third-order valence-corrected chi connectivity index (χ3v) is 3.40. The van der Waals surface area contributed by atoms with E-state index in [0.717, 1.165) is 4.70 Å². The molecule has 0 bridgehead atoms. The predicted octanol–water partition coefficient (Wildman–Crippen LogP) is 2.40. The highest BCUT2D eigenvalue weighted by molar-refractivity contribution is 7.21. The number of oxime groups is 1. The number of nitrogens with zero attached hydrogens (tertiary/aromatic N) is 2. The Morgan fingerprint density at radius 2 is 2.41 bits per heavy atom. The summed E-state index contributed by atoms with van der Waals surface area (Å²) in [4.78, 5) is 20.7. The lowest BCUT2D eigenvalue weighted by atomic mass is 10.4. The van der Waals surface area contributed by atoms with Crippen molar-refractivity contribution < 1.29 is 9.63 Å². The fourth-order valence-corrected chi connectivity index (χ4v) is 2.33. The fraction of sp³-hybridized carbons (Fsp3) is 0.100. The van der Waals surface area contributed by atoms with Gasteiger partial charge in [0.05, 0.1) is 15.2 Å². The highest BCUT2D eigenvalue weighted by Crippen LogP contribution is 2.30. The molecular formula is C10H8ClN3O2S. The van der Waals surface area contributed by atoms with E-state index in [9.17, 15) is 4.79 Å². The van der Waals surface area contributed by atoms with Crippen LogP contribution in [-0.2, 0) is 4.84 Å². The van der Waals surface area contributed by atoms with Gasteiger partial charge < -0.3 is 10.6 Å². The number of nitrogens with two attached hydrogens (primary N) is 1. The minimum atomic E-state index is -0.575. The first kappa shape index (κ1) is 11.8. The summed E-state index contributed by atoms with van der Waals surface area (Å²) in [5.74, 6) is -0.399. The van der Waals surface area contributed by atoms with Crippen molar-refractivity contribution in [1.82, 2.24) is 4.98 Å². The highest BCUT2D eigenvalue weighted by Gasteiger charge is 2.14. The van der Waals surface area contributed by atoms with Crippen LogP contribution in [0.2, 0.25) is 5.02 Å². The molecule has 2 heterocycles. The molecule has 0 amide bonds. The Bertz CT molecular complexity index is 605. The van der Waals surface area contributed by atoms with Crippen LogP contribution in [0.15, 0.2) is 23.5 Å². The molecule has 0 fully saturated rings. The van der Waals surface area contributed by atoms with E-state index in [1.807, 2.05) is 0 Å². The van der Waals surface area contributed by atoms with Gasteiger partial charge in [0.25, 0.3) is 0 Å². The van der Waals surface area contributed by atoms with Crippen molar-refractivity contribution in [2.45, 2.75) is 6.92 Å². The van der Waals surface area contributed by atoms with Crippen LogP contribution in [0.5, 0.6) is 0 Å². The minimum Gasteiger partial charge on any atom is -0.385 e. The van der Waals surface area contributed by atoms with Gasteiger partial charge in [-0.05, 0) is 19.1 Å². The number of halogens is 1. The molecule has 88 valence electrons. The Morgan fingerprint density at radius 3 is 3.06 bits per heavy atom. The normalized spacial score (nSPS) is 11.8. The number of aromatic nitrogens is 1. The number of hydrogen-bond donors (Lipinski definition) is 1. The average Bonchev–Trinajstić information content (AvgIpc) is 2.71. The fourth-order valence-electron chi connectivity index (χ4n) is 1.17. The van der Waals surface area contributed by atoms with Crippen LogP contribution in [0.25, 0.3) is 10.2 Å². The standard InChI is InChI=1S/C10H8ClN3O2S/c1-5(12)14-16-10(15)8-4-7-9(17-8)6(11)2-3-13-7/h2-4H,1H3,(H2,12,14). The summed E-state index contributed by atoms with van der Waals surface area (Å²) in [5.41, 5.74) is 5.92. The van der Waals surface area contributed by atoms with Gasteiger partial charge in [-0.1, -0.05) is 16.8 Å². The Hall–Kier alpha value is -1.66. The van der Waals surface area contributed by atoms with Gasteiger partial charge in [-0.15, -0.1) is 11.3 Å². The number of pyridine rings is 1. The zero-order chi connectivity index (χ0) is 12.4. The van der Waals surface area contributed by atoms with Crippen molar-refractivity contribution in [3.05, 3.63) is 28.2 Å². The van der Waals surface area contributed by atoms with Gasteiger partial charge in [0.1, 0.15) is 10.7 Å². The summed E-state index contributed by atoms with van der Waals surface area (Å²) in [7, 11) is 0. The van der Waals surface area contributed by atoms with E-state index in [2.05, 4.69) is 15.0 Å². The van der Waals surface area contributed by atoms with Crippen molar-refractivity contribution in [2.75, 3.05) is 0 Å². The van der Waals surface area contributed by atoms with Crippen LogP contribution in [0.4, 0.5) is 0 Å². The number of rotatable bonds is 2. The maximum absolute atomic E-state index is 11.6. The minimum absolute atomic E-state index is 0.176. The quantitative estimate of drug-likeness (QED) is 0.393. The van der Waals surface area contributed by atoms with Gasteiger partial charge in [0, 0.05) is 6.20 Å². The predicted molar refractivity (Wildman–Crippen MR) is 67.3 cm³/mol. The molecule has 0 spiro atoms. The molecule has 0 aliphatic heterocycles. The summed E-state index contributed by atoms with van der Waals surface area (Å²) in [6.07, 6.45) is 1.58. The smallest absolute Gasteiger partial charge is 0.375 e. The number of amidine groups is 1. The summed E-state index contributed by atoms with van der Waals surface area (Å²) in [6.45, 7) is 1.52. The Morgan fingerprint density at radius 1 is 1.65 bits per heavy atom. The van der Waals surface area contributed by atoms with E-state index >= 15 is 0 Å². The molecule has 0 radical (unpaired) electrons. The third-order valence-electron chi connectivity index (χ3n) is 1.84. The van der Waals surface area contributed by atoms with Crippen LogP contribution >= 0.6 is 22.9 Å². The van der Waals surface area contributed by atoms with E-state index in [4.69, 9.17) is 17.3 Å². The summed E-state index contributed by atoms with van der Waals surface area (Å²) in [5, 5.41) is 3.94. The van der Waals surface area contributed by atoms with Crippen LogP contribution in [0, 0.1) is 0 Å². The van der Waals surface area contributed by atoms with Crippen molar-refractivity contribution in [2.24, 2.45) is 10.9 Å². The number of carbonyl (C=O) groups is 1. The van der Waals surface area contributed by atoms with E-state index in [-0.39, 0.29) is 5.84 Å². The second-order valence-corrected chi connectivity index (χ2v) is 4.69. The lowest BCUT2D eigenvalue weighted by Gasteiger charge is -1.93. The van der Waals surface area contributed by atoms with Gasteiger partial charge in [0.15, 0.2) is 0 Å². The largest absolute Gasteiger partial charge is 0.385 e. The molecule has 2 N–H and O–H groups in total. The van der Waals surface area contributed by atoms with Crippen molar-refractivity contribution >= 4 is 45.0 Å². The Kier molecular flexibility index (Phi) is 3.26. The first-order chi connectivity index (χ1) is 8.08. The molecule has 0 unspecified atom stereocenters. The molecule has 2 aromatic rings. The molecule has 2 rings (SSSR count). The molecule has 7 heteroatoms. The third kappa shape index (κ3) is 2.54. The van der Waals surface area contributed by atoms with Crippen molar-refractivity contribution in [3.8, 4) is 0 Å². The molecule has 0 saturated carbocycles. The molecule has 17 heavy (non-hydrogen) atoms. The summed E-state index contributed by atoms with van der Waals surface area (Å²) in [6, 6.07) is 3.27. The number of thiophene rings is 1. The first-order valence-electron chi connectivity index (χ1n) is 4.63. The van der Waals surface area contributed by atoms with Crippen molar-refractivity contribution in [1.29, 1.82) is 0 Å². The van der Waals surface area contributed by atoms with Gasteiger partial charge >= 0.3 is 5.97 Å². The molecular weight excluding hydrogens is 262 g/mol. The van der Waals surface area contributed by atoms with E-state index < -0.39 is 5.97 Å². The maximum Gasteiger partial charge on any atom is 0.375 e. The van der Waals surface area contributed by atoms with E-state index in [1.165, 1.54) is 18.3 Å². The van der Waals surface area contributed by atoms with Crippen LogP contribution in [0.3, 0.4) is 0 Å². The van der Waals surface area contributed by atoms with Gasteiger partial charge in [0.2, 0.25) is 0 Å². The molecule has 5 nitrogen and oxygen atoms in total. The van der Waals surface area contributed by atoms with Gasteiger partial charge in [-0.25, -0.2) is 4.79 Å². The lowest BCUT2D eigenvalue weighted by molar-refractivity contribution is 0.0521. The SMILES string of the molecule is CC(N)=NOC(=O)c1cc2nccc(Cl)c2s1. The second kappa shape index (κ2) is 4.68. The molecule has 0 aromatic carbocycles. The first-order valence-corrected chi connectivity index (χ1v) is 5.83. The lowest BCUT2D eigenvalue weighted by Crippen LogP contribution is -2.08. The number of carbonyl (C=O) groups excluding carboxylic acids is 1. The maximum atomic E-state index is 11.6. The number of hydrogen-bond acceptors (Lipinski definition) is 5. The van der Waals surface area contributed by atoms with Gasteiger partial charge in [-0.2, -0.15) is 0 Å². The van der Waals surface area contributed by atoms with Gasteiger partial charge in [-0.3, -0.25) is 4.98 Å². The highest BCUT2D eigenvalue weighted by atomic mass is 35.5. The van der Waals surface area contributed by atoms with E-state index in [0.29, 0.717) is 15.4 Å². The van der Waals surface area contributed by atoms with Crippen LogP contribution < -0.4 is 5.73 Å². The average molecular weight is 270 g/mol. The van der Waals surface area contributed by atoms with Crippen LogP contribution in [-0.4, -0.2) is 16.8 Å². The molecule has 0 saturated heterocycles. The van der Waals surface area contributed by atoms with E-state index in [1.54, 1.807) is 18.3 Å².